The molecule has 1 aromatic carbocycles. The first kappa shape index (κ1) is 17.1. The molecule has 1 N–H and O–H groups in total. The molecule has 120 valence electrons. The summed E-state index contributed by atoms with van der Waals surface area (Å²) in [5, 5.41) is 3.34. The molecule has 1 aliphatic rings. The summed E-state index contributed by atoms with van der Waals surface area (Å²) in [5.41, 5.74) is 0.387. The van der Waals surface area contributed by atoms with Gasteiger partial charge in [0.15, 0.2) is 0 Å². The number of likely N-dealkylation sites (N-methyl/N-ethyl adjacent to an activating group) is 1. The number of hydrogen-bond donors (Lipinski definition) is 1. The van der Waals surface area contributed by atoms with Gasteiger partial charge in [-0.3, -0.25) is 9.59 Å². The summed E-state index contributed by atoms with van der Waals surface area (Å²) in [6, 6.07) is 4.63. The molecule has 0 bridgehead atoms. The third kappa shape index (κ3) is 4.60. The van der Waals surface area contributed by atoms with Crippen LogP contribution in [-0.2, 0) is 4.79 Å². The van der Waals surface area contributed by atoms with Crippen LogP contribution in [-0.4, -0.2) is 61.4 Å². The number of nitrogens with zero attached hydrogens (tertiary/aromatic N) is 2. The molecular formula is C15H19Cl2N3O2. The van der Waals surface area contributed by atoms with Gasteiger partial charge in [0.1, 0.15) is 0 Å². The van der Waals surface area contributed by atoms with Gasteiger partial charge in [0.25, 0.3) is 5.91 Å². The Hall–Kier alpha value is -1.30. The van der Waals surface area contributed by atoms with Gasteiger partial charge in [-0.25, -0.2) is 0 Å². The zero-order valence-corrected chi connectivity index (χ0v) is 14.0. The second-order valence-corrected chi connectivity index (χ2v) is 6.16. The third-order valence-electron chi connectivity index (χ3n) is 3.65. The standard InChI is InChI=1S/C15H19Cl2N3O2/c1-19-5-2-6-20(8-7-19)14(21)10-18-15(22)11-3-4-12(16)13(17)9-11/h3-4,9H,2,5-8,10H2,1H3,(H,18,22). The van der Waals surface area contributed by atoms with Crippen LogP contribution in [0.3, 0.4) is 0 Å². The molecule has 1 saturated heterocycles. The van der Waals surface area contributed by atoms with E-state index >= 15 is 0 Å². The normalized spacial score (nSPS) is 16.2. The monoisotopic (exact) mass is 343 g/mol. The van der Waals surface area contributed by atoms with E-state index in [1.807, 2.05) is 7.05 Å². The highest BCUT2D eigenvalue weighted by Crippen LogP contribution is 2.22. The first-order valence-corrected chi connectivity index (χ1v) is 7.92. The maximum Gasteiger partial charge on any atom is 0.251 e. The summed E-state index contributed by atoms with van der Waals surface area (Å²) in [5.74, 6) is -0.400. The van der Waals surface area contributed by atoms with E-state index in [9.17, 15) is 9.59 Å². The van der Waals surface area contributed by atoms with Crippen LogP contribution >= 0.6 is 23.2 Å². The minimum atomic E-state index is -0.334. The van der Waals surface area contributed by atoms with Crippen LogP contribution in [0, 0.1) is 0 Å². The topological polar surface area (TPSA) is 52.6 Å². The maximum atomic E-state index is 12.2. The summed E-state index contributed by atoms with van der Waals surface area (Å²) >= 11 is 11.7. The van der Waals surface area contributed by atoms with E-state index < -0.39 is 0 Å². The fourth-order valence-electron chi connectivity index (χ4n) is 2.30. The van der Waals surface area contributed by atoms with Gasteiger partial charge in [-0.15, -0.1) is 0 Å². The smallest absolute Gasteiger partial charge is 0.251 e. The van der Waals surface area contributed by atoms with Crippen LogP contribution in [0.2, 0.25) is 10.0 Å². The van der Waals surface area contributed by atoms with Gasteiger partial charge in [0, 0.05) is 25.2 Å². The third-order valence-corrected chi connectivity index (χ3v) is 4.39. The van der Waals surface area contributed by atoms with Gasteiger partial charge in [-0.05, 0) is 38.2 Å². The summed E-state index contributed by atoms with van der Waals surface area (Å²) in [4.78, 5) is 28.2. The second-order valence-electron chi connectivity index (χ2n) is 5.35. The summed E-state index contributed by atoms with van der Waals surface area (Å²) in [6.45, 7) is 3.25. The minimum Gasteiger partial charge on any atom is -0.343 e. The quantitative estimate of drug-likeness (QED) is 0.911. The van der Waals surface area contributed by atoms with E-state index in [1.165, 1.54) is 6.07 Å². The van der Waals surface area contributed by atoms with Gasteiger partial charge in [0.2, 0.25) is 5.91 Å². The lowest BCUT2D eigenvalue weighted by Crippen LogP contribution is -2.41. The van der Waals surface area contributed by atoms with Gasteiger partial charge in [-0.2, -0.15) is 0 Å². The van der Waals surface area contributed by atoms with E-state index in [2.05, 4.69) is 10.2 Å². The molecule has 0 spiro atoms. The fraction of sp³-hybridized carbons (Fsp3) is 0.467. The lowest BCUT2D eigenvalue weighted by atomic mass is 10.2. The van der Waals surface area contributed by atoms with Crippen molar-refractivity contribution in [2.45, 2.75) is 6.42 Å². The molecule has 0 aliphatic carbocycles. The Labute approximate surface area is 140 Å². The molecule has 0 aromatic heterocycles. The molecule has 0 unspecified atom stereocenters. The highest BCUT2D eigenvalue weighted by atomic mass is 35.5. The van der Waals surface area contributed by atoms with Crippen molar-refractivity contribution in [2.24, 2.45) is 0 Å². The average molecular weight is 344 g/mol. The highest BCUT2D eigenvalue weighted by molar-refractivity contribution is 6.42. The van der Waals surface area contributed by atoms with Crippen molar-refractivity contribution in [3.05, 3.63) is 33.8 Å². The van der Waals surface area contributed by atoms with Crippen molar-refractivity contribution >= 4 is 35.0 Å². The van der Waals surface area contributed by atoms with E-state index in [0.717, 1.165) is 26.1 Å². The number of amides is 2. The SMILES string of the molecule is CN1CCCN(C(=O)CNC(=O)c2ccc(Cl)c(Cl)c2)CC1. The Morgan fingerprint density at radius 1 is 1.14 bits per heavy atom. The van der Waals surface area contributed by atoms with Crippen LogP contribution < -0.4 is 5.32 Å². The Balaban J connectivity index is 1.87. The molecule has 2 rings (SSSR count). The van der Waals surface area contributed by atoms with Gasteiger partial charge < -0.3 is 15.1 Å². The molecule has 7 heteroatoms. The number of carbonyl (C=O) groups excluding carboxylic acids is 2. The zero-order valence-electron chi connectivity index (χ0n) is 12.4. The first-order valence-electron chi connectivity index (χ1n) is 7.17. The molecule has 1 aromatic rings. The minimum absolute atomic E-state index is 0.0111. The molecule has 0 saturated carbocycles. The predicted molar refractivity (Wildman–Crippen MR) is 87.5 cm³/mol. The number of nitrogens with one attached hydrogen (secondary N) is 1. The van der Waals surface area contributed by atoms with E-state index in [4.69, 9.17) is 23.2 Å². The number of benzene rings is 1. The Morgan fingerprint density at radius 2 is 1.91 bits per heavy atom. The lowest BCUT2D eigenvalue weighted by molar-refractivity contribution is -0.129. The summed E-state index contributed by atoms with van der Waals surface area (Å²) < 4.78 is 0. The van der Waals surface area contributed by atoms with Crippen molar-refractivity contribution in [1.29, 1.82) is 0 Å². The van der Waals surface area contributed by atoms with E-state index in [0.29, 0.717) is 22.2 Å². The average Bonchev–Trinajstić information content (AvgIpc) is 2.72. The molecule has 22 heavy (non-hydrogen) atoms. The Morgan fingerprint density at radius 3 is 2.64 bits per heavy atom. The number of carbonyl (C=O) groups is 2. The molecular weight excluding hydrogens is 325 g/mol. The van der Waals surface area contributed by atoms with Crippen LogP contribution in [0.1, 0.15) is 16.8 Å². The molecule has 2 amide bonds. The van der Waals surface area contributed by atoms with Gasteiger partial charge >= 0.3 is 0 Å². The van der Waals surface area contributed by atoms with E-state index in [-0.39, 0.29) is 18.4 Å². The number of halogens is 2. The van der Waals surface area contributed by atoms with Crippen LogP contribution in [0.25, 0.3) is 0 Å². The molecule has 0 radical (unpaired) electrons. The second kappa shape index (κ2) is 7.81. The molecule has 1 aliphatic heterocycles. The Bertz CT molecular complexity index is 566. The first-order chi connectivity index (χ1) is 10.5. The van der Waals surface area contributed by atoms with Crippen molar-refractivity contribution in [1.82, 2.24) is 15.1 Å². The predicted octanol–water partition coefficient (Wildman–Crippen LogP) is 1.89. The largest absolute Gasteiger partial charge is 0.343 e. The van der Waals surface area contributed by atoms with Gasteiger partial charge in [0.05, 0.1) is 16.6 Å². The fourth-order valence-corrected chi connectivity index (χ4v) is 2.60. The number of rotatable bonds is 3. The molecule has 1 heterocycles. The molecule has 5 nitrogen and oxygen atoms in total. The lowest BCUT2D eigenvalue weighted by Gasteiger charge is -2.20. The van der Waals surface area contributed by atoms with Crippen molar-refractivity contribution in [2.75, 3.05) is 39.8 Å². The highest BCUT2D eigenvalue weighted by Gasteiger charge is 2.18. The van der Waals surface area contributed by atoms with Crippen LogP contribution in [0.5, 0.6) is 0 Å². The van der Waals surface area contributed by atoms with Crippen molar-refractivity contribution in [3.63, 3.8) is 0 Å². The van der Waals surface area contributed by atoms with Crippen LogP contribution in [0.4, 0.5) is 0 Å². The zero-order chi connectivity index (χ0) is 16.1. The maximum absolute atomic E-state index is 12.2. The summed E-state index contributed by atoms with van der Waals surface area (Å²) in [7, 11) is 2.04. The van der Waals surface area contributed by atoms with Crippen LogP contribution in [0.15, 0.2) is 18.2 Å². The number of hydrogen-bond acceptors (Lipinski definition) is 3. The Kier molecular flexibility index (Phi) is 6.06. The van der Waals surface area contributed by atoms with Crippen molar-refractivity contribution < 1.29 is 9.59 Å². The van der Waals surface area contributed by atoms with Crippen molar-refractivity contribution in [3.8, 4) is 0 Å². The van der Waals surface area contributed by atoms with Gasteiger partial charge in [-0.1, -0.05) is 23.2 Å². The molecule has 1 fully saturated rings. The summed E-state index contributed by atoms with van der Waals surface area (Å²) in [6.07, 6.45) is 0.947. The molecule has 0 atom stereocenters. The van der Waals surface area contributed by atoms with E-state index in [1.54, 1.807) is 17.0 Å².